The summed E-state index contributed by atoms with van der Waals surface area (Å²) in [6, 6.07) is 13.8. The van der Waals surface area contributed by atoms with E-state index in [2.05, 4.69) is 10.2 Å². The zero-order valence-electron chi connectivity index (χ0n) is 16.0. The first-order chi connectivity index (χ1) is 14.5. The highest BCUT2D eigenvalue weighted by molar-refractivity contribution is 7.80. The monoisotopic (exact) mass is 458 g/mol. The van der Waals surface area contributed by atoms with Crippen molar-refractivity contribution >= 4 is 56.2 Å². The van der Waals surface area contributed by atoms with Crippen LogP contribution in [0.3, 0.4) is 0 Å². The molecule has 1 heterocycles. The maximum absolute atomic E-state index is 11.8. The van der Waals surface area contributed by atoms with E-state index in [1.165, 1.54) is 12.1 Å². The molecule has 0 spiro atoms. The Hall–Kier alpha value is -2.75. The van der Waals surface area contributed by atoms with E-state index in [1.54, 1.807) is 26.7 Å². The molecule has 1 aromatic heterocycles. The molecule has 0 bridgehead atoms. The second kappa shape index (κ2) is 10.3. The number of carboxylic acids is 1. The van der Waals surface area contributed by atoms with Gasteiger partial charge in [0.1, 0.15) is 15.1 Å². The molecule has 0 atom stereocenters. The van der Waals surface area contributed by atoms with E-state index >= 15 is 0 Å². The summed E-state index contributed by atoms with van der Waals surface area (Å²) in [6.07, 6.45) is 1.78. The molecule has 0 aliphatic carbocycles. The van der Waals surface area contributed by atoms with Crippen LogP contribution in [0, 0.1) is 3.82 Å². The molecule has 0 saturated heterocycles. The van der Waals surface area contributed by atoms with Gasteiger partial charge in [-0.3, -0.25) is 4.79 Å². The fourth-order valence-corrected chi connectivity index (χ4v) is 4.91. The van der Waals surface area contributed by atoms with Gasteiger partial charge in [0.05, 0.1) is 11.4 Å². The number of benzene rings is 2. The summed E-state index contributed by atoms with van der Waals surface area (Å²) in [7, 11) is 3.18. The lowest BCUT2D eigenvalue weighted by Crippen LogP contribution is -2.10. The molecule has 0 amide bonds. The minimum absolute atomic E-state index is 0.00466. The molecule has 0 radical (unpaired) electrons. The van der Waals surface area contributed by atoms with Crippen LogP contribution in [-0.2, 0) is 4.79 Å². The van der Waals surface area contributed by atoms with E-state index in [9.17, 15) is 14.7 Å². The third kappa shape index (κ3) is 5.88. The Morgan fingerprint density at radius 3 is 2.37 bits per heavy atom. The SMILES string of the molecule is CCCCC(=O)Oc1ccc(N=Nc2ccc(-c3cc(=S)ss3)cc2)cc1C(=O)O. The number of hydrogen-bond donors (Lipinski definition) is 1. The van der Waals surface area contributed by atoms with Crippen molar-refractivity contribution in [3.8, 4) is 16.2 Å². The predicted octanol–water partition coefficient (Wildman–Crippen LogP) is 7.42. The van der Waals surface area contributed by atoms with Crippen molar-refractivity contribution < 1.29 is 19.4 Å². The molecule has 1 N–H and O–H groups in total. The second-order valence-corrected chi connectivity index (χ2v) is 9.22. The largest absolute Gasteiger partial charge is 0.478 e. The number of azo groups is 1. The zero-order valence-corrected chi connectivity index (χ0v) is 18.5. The molecule has 30 heavy (non-hydrogen) atoms. The van der Waals surface area contributed by atoms with Crippen LogP contribution in [0.25, 0.3) is 10.4 Å². The van der Waals surface area contributed by atoms with Gasteiger partial charge in [-0.1, -0.05) is 58.4 Å². The number of carbonyl (C=O) groups is 2. The maximum atomic E-state index is 11.8. The highest BCUT2D eigenvalue weighted by Crippen LogP contribution is 2.31. The third-order valence-corrected chi connectivity index (χ3v) is 6.96. The Morgan fingerprint density at radius 1 is 1.03 bits per heavy atom. The van der Waals surface area contributed by atoms with Crippen molar-refractivity contribution in [2.45, 2.75) is 26.2 Å². The number of carbonyl (C=O) groups excluding carboxylic acids is 1. The summed E-state index contributed by atoms with van der Waals surface area (Å²) in [5.41, 5.74) is 1.89. The minimum atomic E-state index is -1.20. The van der Waals surface area contributed by atoms with Crippen LogP contribution in [0.1, 0.15) is 36.5 Å². The quantitative estimate of drug-likeness (QED) is 0.125. The van der Waals surface area contributed by atoms with Crippen molar-refractivity contribution in [1.29, 1.82) is 0 Å². The van der Waals surface area contributed by atoms with Crippen molar-refractivity contribution in [3.63, 3.8) is 0 Å². The van der Waals surface area contributed by atoms with Crippen LogP contribution in [0.15, 0.2) is 58.8 Å². The molecule has 6 nitrogen and oxygen atoms in total. The topological polar surface area (TPSA) is 88.3 Å². The van der Waals surface area contributed by atoms with E-state index in [0.717, 1.165) is 20.7 Å². The Labute approximate surface area is 185 Å². The second-order valence-electron chi connectivity index (χ2n) is 6.30. The number of hydrogen-bond acceptors (Lipinski definition) is 8. The molecule has 3 aromatic rings. The van der Waals surface area contributed by atoms with Crippen molar-refractivity contribution in [2.75, 3.05) is 0 Å². The number of rotatable bonds is 8. The Balaban J connectivity index is 1.75. The van der Waals surface area contributed by atoms with Gasteiger partial charge in [-0.25, -0.2) is 4.79 Å². The lowest BCUT2D eigenvalue weighted by molar-refractivity contribution is -0.134. The first-order valence-corrected chi connectivity index (χ1v) is 11.7. The molecule has 0 fully saturated rings. The normalized spacial score (nSPS) is 11.0. The highest BCUT2D eigenvalue weighted by Gasteiger charge is 2.15. The Morgan fingerprint density at radius 2 is 1.73 bits per heavy atom. The van der Waals surface area contributed by atoms with Crippen molar-refractivity contribution in [3.05, 3.63) is 57.9 Å². The number of nitrogens with zero attached hydrogens (tertiary/aromatic N) is 2. The zero-order chi connectivity index (χ0) is 21.5. The summed E-state index contributed by atoms with van der Waals surface area (Å²) in [4.78, 5) is 24.5. The summed E-state index contributed by atoms with van der Waals surface area (Å²) in [6.45, 7) is 1.96. The van der Waals surface area contributed by atoms with Gasteiger partial charge in [-0.05, 0) is 48.4 Å². The fourth-order valence-electron chi connectivity index (χ4n) is 2.51. The number of carboxylic acid groups (broad SMARTS) is 1. The van der Waals surface area contributed by atoms with Crippen LogP contribution in [0.2, 0.25) is 0 Å². The van der Waals surface area contributed by atoms with E-state index < -0.39 is 11.9 Å². The van der Waals surface area contributed by atoms with Gasteiger partial charge >= 0.3 is 11.9 Å². The molecule has 2 aromatic carbocycles. The van der Waals surface area contributed by atoms with Gasteiger partial charge in [0, 0.05) is 11.3 Å². The van der Waals surface area contributed by atoms with Gasteiger partial charge in [-0.2, -0.15) is 10.2 Å². The first-order valence-electron chi connectivity index (χ1n) is 9.16. The number of unbranched alkanes of at least 4 members (excludes halogenated alkanes) is 1. The maximum Gasteiger partial charge on any atom is 0.339 e. The van der Waals surface area contributed by atoms with Crippen LogP contribution < -0.4 is 4.74 Å². The molecule has 0 unspecified atom stereocenters. The smallest absolute Gasteiger partial charge is 0.339 e. The van der Waals surface area contributed by atoms with E-state index in [-0.39, 0.29) is 17.7 Å². The van der Waals surface area contributed by atoms with Gasteiger partial charge in [0.15, 0.2) is 0 Å². The summed E-state index contributed by atoms with van der Waals surface area (Å²) in [5.74, 6) is -1.65. The molecular formula is C21H18N2O4S3. The van der Waals surface area contributed by atoms with Crippen LogP contribution in [-0.4, -0.2) is 17.0 Å². The Kier molecular flexibility index (Phi) is 7.56. The summed E-state index contributed by atoms with van der Waals surface area (Å²) >= 11 is 5.16. The van der Waals surface area contributed by atoms with Crippen molar-refractivity contribution in [1.82, 2.24) is 0 Å². The average Bonchev–Trinajstić information content (AvgIpc) is 3.18. The van der Waals surface area contributed by atoms with Crippen LogP contribution >= 0.6 is 32.9 Å². The average molecular weight is 459 g/mol. The molecular weight excluding hydrogens is 440 g/mol. The first kappa shape index (κ1) is 21.9. The number of esters is 1. The van der Waals surface area contributed by atoms with Gasteiger partial charge in [-0.15, -0.1) is 0 Å². The minimum Gasteiger partial charge on any atom is -0.478 e. The van der Waals surface area contributed by atoms with Gasteiger partial charge in [0.25, 0.3) is 0 Å². The van der Waals surface area contributed by atoms with Crippen molar-refractivity contribution in [2.24, 2.45) is 10.2 Å². The molecule has 0 aliphatic heterocycles. The molecule has 0 saturated carbocycles. The summed E-state index contributed by atoms with van der Waals surface area (Å²) in [5, 5.41) is 17.7. The lowest BCUT2D eigenvalue weighted by atomic mass is 10.1. The van der Waals surface area contributed by atoms with Crippen LogP contribution in [0.4, 0.5) is 11.4 Å². The predicted molar refractivity (Wildman–Crippen MR) is 121 cm³/mol. The molecule has 154 valence electrons. The van der Waals surface area contributed by atoms with E-state index in [1.807, 2.05) is 37.3 Å². The fraction of sp³-hybridized carbons (Fsp3) is 0.190. The van der Waals surface area contributed by atoms with Crippen LogP contribution in [0.5, 0.6) is 5.75 Å². The summed E-state index contributed by atoms with van der Waals surface area (Å²) < 4.78 is 6.04. The van der Waals surface area contributed by atoms with E-state index in [4.69, 9.17) is 17.0 Å². The number of aromatic carboxylic acids is 1. The molecule has 9 heteroatoms. The van der Waals surface area contributed by atoms with Gasteiger partial charge in [0.2, 0.25) is 0 Å². The number of ether oxygens (including phenoxy) is 1. The standard InChI is InChI=1S/C21H18N2O4S3/c1-2-3-4-19(24)27-17-10-9-15(11-16(17)21(25)26)23-22-14-7-5-13(6-8-14)18-12-20(28)30-29-18/h5-12H,2-4H2,1H3,(H,25,26). The highest BCUT2D eigenvalue weighted by atomic mass is 32.9. The molecule has 3 rings (SSSR count). The van der Waals surface area contributed by atoms with E-state index in [0.29, 0.717) is 17.8 Å². The Bertz CT molecular complexity index is 1130. The molecule has 0 aliphatic rings. The van der Waals surface area contributed by atoms with Gasteiger partial charge < -0.3 is 9.84 Å². The lowest BCUT2D eigenvalue weighted by Gasteiger charge is -2.07. The third-order valence-electron chi connectivity index (χ3n) is 4.05.